The van der Waals surface area contributed by atoms with Crippen molar-refractivity contribution in [3.8, 4) is 0 Å². The predicted molar refractivity (Wildman–Crippen MR) is 101 cm³/mol. The number of aromatic amines is 2. The highest BCUT2D eigenvalue weighted by molar-refractivity contribution is 5.93. The van der Waals surface area contributed by atoms with Gasteiger partial charge in [0, 0.05) is 37.3 Å². The van der Waals surface area contributed by atoms with Crippen LogP contribution >= 0.6 is 0 Å². The normalized spacial score (nSPS) is 17.0. The van der Waals surface area contributed by atoms with Gasteiger partial charge in [-0.2, -0.15) is 5.10 Å². The van der Waals surface area contributed by atoms with Crippen molar-refractivity contribution in [1.29, 1.82) is 0 Å². The summed E-state index contributed by atoms with van der Waals surface area (Å²) < 4.78 is 0. The van der Waals surface area contributed by atoms with Crippen LogP contribution in [0.25, 0.3) is 0 Å². The molecule has 2 N–H and O–H groups in total. The number of aromatic nitrogens is 4. The van der Waals surface area contributed by atoms with Crippen molar-refractivity contribution in [2.24, 2.45) is 0 Å². The number of carbonyl (C=O) groups is 1. The van der Waals surface area contributed by atoms with E-state index in [-0.39, 0.29) is 17.4 Å². The number of piperidine rings is 1. The van der Waals surface area contributed by atoms with E-state index in [9.17, 15) is 9.59 Å². The zero-order chi connectivity index (χ0) is 18.6. The molecule has 0 aliphatic carbocycles. The van der Waals surface area contributed by atoms with Gasteiger partial charge in [0.2, 0.25) is 0 Å². The number of nitrogens with zero attached hydrogens (tertiary/aromatic N) is 3. The van der Waals surface area contributed by atoms with E-state index in [4.69, 9.17) is 0 Å². The third-order valence-electron chi connectivity index (χ3n) is 5.05. The molecule has 1 aliphatic rings. The molecule has 1 atom stereocenters. The molecular weight excluding hydrogens is 342 g/mol. The molecule has 7 nitrogen and oxygen atoms in total. The first kappa shape index (κ1) is 17.2. The monoisotopic (exact) mass is 363 g/mol. The van der Waals surface area contributed by atoms with E-state index in [1.54, 1.807) is 4.90 Å². The summed E-state index contributed by atoms with van der Waals surface area (Å²) in [6, 6.07) is 10.3. The number of hydrogen-bond acceptors (Lipinski definition) is 4. The summed E-state index contributed by atoms with van der Waals surface area (Å²) in [5, 5.41) is 7.38. The van der Waals surface area contributed by atoms with Gasteiger partial charge in [-0.1, -0.05) is 30.3 Å². The molecule has 3 aromatic rings. The Morgan fingerprint density at radius 3 is 2.89 bits per heavy atom. The minimum atomic E-state index is -0.400. The topological polar surface area (TPSA) is 94.7 Å². The maximum absolute atomic E-state index is 12.8. The summed E-state index contributed by atoms with van der Waals surface area (Å²) in [4.78, 5) is 32.7. The van der Waals surface area contributed by atoms with Crippen molar-refractivity contribution in [1.82, 2.24) is 25.1 Å². The Morgan fingerprint density at radius 2 is 2.07 bits per heavy atom. The maximum Gasteiger partial charge on any atom is 0.263 e. The molecular formula is C20H21N5O2. The summed E-state index contributed by atoms with van der Waals surface area (Å²) in [6.45, 7) is 1.21. The molecule has 7 heteroatoms. The highest BCUT2D eigenvalue weighted by Crippen LogP contribution is 2.29. The third-order valence-corrected chi connectivity index (χ3v) is 5.05. The van der Waals surface area contributed by atoms with Gasteiger partial charge in [0.25, 0.3) is 11.5 Å². The molecule has 0 bridgehead atoms. The molecule has 0 saturated carbocycles. The van der Waals surface area contributed by atoms with E-state index in [0.29, 0.717) is 13.1 Å². The van der Waals surface area contributed by atoms with Crippen LogP contribution in [-0.2, 0) is 6.42 Å². The fourth-order valence-corrected chi connectivity index (χ4v) is 3.70. The fourth-order valence-electron chi connectivity index (χ4n) is 3.70. The van der Waals surface area contributed by atoms with Crippen molar-refractivity contribution >= 4 is 5.91 Å². The van der Waals surface area contributed by atoms with Crippen molar-refractivity contribution < 1.29 is 4.79 Å². The number of rotatable bonds is 4. The average Bonchev–Trinajstić information content (AvgIpc) is 3.17. The Bertz CT molecular complexity index is 979. The van der Waals surface area contributed by atoms with Crippen LogP contribution in [0.5, 0.6) is 0 Å². The van der Waals surface area contributed by atoms with Gasteiger partial charge in [-0.15, -0.1) is 0 Å². The van der Waals surface area contributed by atoms with Gasteiger partial charge in [-0.05, 0) is 24.0 Å². The summed E-state index contributed by atoms with van der Waals surface area (Å²) in [6.07, 6.45) is 7.17. The zero-order valence-corrected chi connectivity index (χ0v) is 14.9. The van der Waals surface area contributed by atoms with E-state index in [1.807, 2.05) is 24.4 Å². The standard InChI is InChI=1S/C20H21N5O2/c26-19-17(11-21-13-22-19)20(27)25-8-4-7-15(12-25)18-16(10-23-24-18)9-14-5-2-1-3-6-14/h1-3,5-6,10-11,13,15H,4,7-9,12H2,(H,23,24)(H,21,22,26)/t15-/m0/s1. The third kappa shape index (κ3) is 3.67. The van der Waals surface area contributed by atoms with Crippen molar-refractivity contribution in [2.75, 3.05) is 13.1 Å². The highest BCUT2D eigenvalue weighted by Gasteiger charge is 2.29. The quantitative estimate of drug-likeness (QED) is 0.742. The Kier molecular flexibility index (Phi) is 4.82. The van der Waals surface area contributed by atoms with Crippen molar-refractivity contribution in [2.45, 2.75) is 25.2 Å². The molecule has 1 saturated heterocycles. The molecule has 2 aromatic heterocycles. The van der Waals surface area contributed by atoms with Gasteiger partial charge < -0.3 is 9.88 Å². The first-order chi connectivity index (χ1) is 13.2. The number of carbonyl (C=O) groups excluding carboxylic acids is 1. The second-order valence-corrected chi connectivity index (χ2v) is 6.86. The van der Waals surface area contributed by atoms with Gasteiger partial charge >= 0.3 is 0 Å². The lowest BCUT2D eigenvalue weighted by molar-refractivity contribution is 0.0703. The highest BCUT2D eigenvalue weighted by atomic mass is 16.2. The van der Waals surface area contributed by atoms with E-state index in [1.165, 1.54) is 18.1 Å². The number of H-pyrrole nitrogens is 2. The number of nitrogens with one attached hydrogen (secondary N) is 2. The van der Waals surface area contributed by atoms with E-state index < -0.39 is 5.56 Å². The first-order valence-corrected chi connectivity index (χ1v) is 9.10. The number of benzene rings is 1. The van der Waals surface area contributed by atoms with Crippen LogP contribution in [0.2, 0.25) is 0 Å². The number of amides is 1. The van der Waals surface area contributed by atoms with Crippen LogP contribution in [0, 0.1) is 0 Å². The minimum absolute atomic E-state index is 0.0901. The molecule has 3 heterocycles. The smallest absolute Gasteiger partial charge is 0.263 e. The van der Waals surface area contributed by atoms with Crippen LogP contribution in [0.4, 0.5) is 0 Å². The summed E-state index contributed by atoms with van der Waals surface area (Å²) in [5.41, 5.74) is 3.15. The molecule has 1 aliphatic heterocycles. The average molecular weight is 363 g/mol. The SMILES string of the molecule is O=C(c1cnc[nH]c1=O)N1CCC[C@H](c2[nH]ncc2Cc2ccccc2)C1. The van der Waals surface area contributed by atoms with Crippen LogP contribution in [-0.4, -0.2) is 44.1 Å². The second-order valence-electron chi connectivity index (χ2n) is 6.86. The van der Waals surface area contributed by atoms with E-state index in [2.05, 4.69) is 32.3 Å². The molecule has 1 aromatic carbocycles. The lowest BCUT2D eigenvalue weighted by Crippen LogP contribution is -2.41. The molecule has 4 rings (SSSR count). The largest absolute Gasteiger partial charge is 0.338 e. The lowest BCUT2D eigenvalue weighted by Gasteiger charge is -2.32. The molecule has 0 spiro atoms. The Morgan fingerprint density at radius 1 is 1.22 bits per heavy atom. The lowest BCUT2D eigenvalue weighted by atomic mass is 9.90. The van der Waals surface area contributed by atoms with E-state index in [0.717, 1.165) is 30.5 Å². The molecule has 1 fully saturated rings. The number of likely N-dealkylation sites (tertiary alicyclic amines) is 1. The Labute approximate surface area is 156 Å². The maximum atomic E-state index is 12.8. The van der Waals surface area contributed by atoms with Crippen LogP contribution in [0.15, 0.2) is 53.8 Å². The van der Waals surface area contributed by atoms with Crippen LogP contribution in [0.1, 0.15) is 45.9 Å². The minimum Gasteiger partial charge on any atom is -0.338 e. The van der Waals surface area contributed by atoms with Gasteiger partial charge in [-0.25, -0.2) is 4.98 Å². The summed E-state index contributed by atoms with van der Waals surface area (Å²) in [5.74, 6) is -0.0853. The van der Waals surface area contributed by atoms with Crippen molar-refractivity contribution in [3.63, 3.8) is 0 Å². The molecule has 138 valence electrons. The molecule has 1 amide bonds. The molecule has 0 unspecified atom stereocenters. The van der Waals surface area contributed by atoms with Crippen LogP contribution < -0.4 is 5.56 Å². The van der Waals surface area contributed by atoms with Gasteiger partial charge in [0.1, 0.15) is 5.56 Å². The van der Waals surface area contributed by atoms with Gasteiger partial charge in [0.15, 0.2) is 0 Å². The molecule has 0 radical (unpaired) electrons. The predicted octanol–water partition coefficient (Wildman–Crippen LogP) is 2.10. The van der Waals surface area contributed by atoms with Gasteiger partial charge in [-0.3, -0.25) is 14.7 Å². The Balaban J connectivity index is 1.52. The van der Waals surface area contributed by atoms with Crippen LogP contribution in [0.3, 0.4) is 0 Å². The van der Waals surface area contributed by atoms with Gasteiger partial charge in [0.05, 0.1) is 12.5 Å². The zero-order valence-electron chi connectivity index (χ0n) is 14.9. The summed E-state index contributed by atoms with van der Waals surface area (Å²) in [7, 11) is 0. The second kappa shape index (κ2) is 7.57. The first-order valence-electron chi connectivity index (χ1n) is 9.10. The number of hydrogen-bond donors (Lipinski definition) is 2. The summed E-state index contributed by atoms with van der Waals surface area (Å²) >= 11 is 0. The fraction of sp³-hybridized carbons (Fsp3) is 0.300. The Hall–Kier alpha value is -3.22. The van der Waals surface area contributed by atoms with Crippen molar-refractivity contribution in [3.05, 3.63) is 81.8 Å². The van der Waals surface area contributed by atoms with E-state index >= 15 is 0 Å². The molecule has 27 heavy (non-hydrogen) atoms.